The third kappa shape index (κ3) is 3.26. The number of amides is 1. The number of benzene rings is 1. The molecule has 0 unspecified atom stereocenters. The maximum absolute atomic E-state index is 10.4. The first kappa shape index (κ1) is 10.2. The van der Waals surface area contributed by atoms with Gasteiger partial charge in [-0.25, -0.2) is 0 Å². The van der Waals surface area contributed by atoms with Crippen LogP contribution in [0.25, 0.3) is 0 Å². The third-order valence-corrected chi connectivity index (χ3v) is 1.74. The summed E-state index contributed by atoms with van der Waals surface area (Å²) in [5.74, 6) is -1.52. The molecular weight excluding hydrogens is 182 g/mol. The summed E-state index contributed by atoms with van der Waals surface area (Å²) < 4.78 is 0. The quantitative estimate of drug-likeness (QED) is 0.761. The van der Waals surface area contributed by atoms with Crippen LogP contribution in [0.5, 0.6) is 0 Å². The van der Waals surface area contributed by atoms with E-state index in [-0.39, 0.29) is 12.8 Å². The van der Waals surface area contributed by atoms with Gasteiger partial charge in [0, 0.05) is 0 Å². The highest BCUT2D eigenvalue weighted by Crippen LogP contribution is 2.05. The Morgan fingerprint density at radius 2 is 1.50 bits per heavy atom. The predicted octanol–water partition coefficient (Wildman–Crippen LogP) is 0.666. The number of rotatable bonds is 4. The molecule has 0 atom stereocenters. The second-order valence-corrected chi connectivity index (χ2v) is 2.99. The second-order valence-electron chi connectivity index (χ2n) is 2.99. The molecular formula is C10H10NO3. The summed E-state index contributed by atoms with van der Waals surface area (Å²) in [7, 11) is 0. The second kappa shape index (κ2) is 4.41. The molecule has 2 N–H and O–H groups in total. The smallest absolute Gasteiger partial charge is 0.307 e. The molecule has 1 rings (SSSR count). The first-order valence-electron chi connectivity index (χ1n) is 4.12. The van der Waals surface area contributed by atoms with Gasteiger partial charge in [-0.2, -0.15) is 0 Å². The Kier molecular flexibility index (Phi) is 3.23. The van der Waals surface area contributed by atoms with Crippen molar-refractivity contribution >= 4 is 11.9 Å². The Morgan fingerprint density at radius 3 is 1.86 bits per heavy atom. The van der Waals surface area contributed by atoms with Gasteiger partial charge in [-0.1, -0.05) is 24.3 Å². The normalized spacial score (nSPS) is 9.71. The molecule has 14 heavy (non-hydrogen) atoms. The van der Waals surface area contributed by atoms with Crippen LogP contribution in [0.3, 0.4) is 0 Å². The molecule has 4 heteroatoms. The maximum Gasteiger partial charge on any atom is 0.307 e. The fourth-order valence-corrected chi connectivity index (χ4v) is 1.13. The summed E-state index contributed by atoms with van der Waals surface area (Å²) in [5.41, 5.74) is 8.18. The summed E-state index contributed by atoms with van der Waals surface area (Å²) in [4.78, 5) is 20.8. The van der Waals surface area contributed by atoms with E-state index in [2.05, 4.69) is 0 Å². The van der Waals surface area contributed by atoms with E-state index in [0.29, 0.717) is 5.56 Å². The zero-order valence-corrected chi connectivity index (χ0v) is 7.49. The number of hydrogen-bond acceptors (Lipinski definition) is 2. The van der Waals surface area contributed by atoms with Crippen molar-refractivity contribution in [2.45, 2.75) is 12.8 Å². The standard InChI is InChI=1S/C10H10NO3/c11-9(12)5-7-1-3-8(4-2-7)6-10(13)14/h1-4,11H,5-6H2,(H,13,14). The van der Waals surface area contributed by atoms with Crippen molar-refractivity contribution in [3.63, 3.8) is 0 Å². The highest BCUT2D eigenvalue weighted by atomic mass is 16.4. The molecule has 0 aliphatic carbocycles. The molecule has 73 valence electrons. The number of carboxylic acids is 1. The minimum Gasteiger partial charge on any atom is -0.481 e. The number of nitrogens with one attached hydrogen (secondary N) is 1. The lowest BCUT2D eigenvalue weighted by Crippen LogP contribution is -2.03. The lowest BCUT2D eigenvalue weighted by molar-refractivity contribution is -0.136. The van der Waals surface area contributed by atoms with Crippen molar-refractivity contribution < 1.29 is 14.7 Å². The molecule has 0 heterocycles. The van der Waals surface area contributed by atoms with Gasteiger partial charge in [0.2, 0.25) is 5.91 Å². The van der Waals surface area contributed by atoms with Gasteiger partial charge >= 0.3 is 5.97 Å². The van der Waals surface area contributed by atoms with Crippen molar-refractivity contribution in [2.75, 3.05) is 0 Å². The van der Waals surface area contributed by atoms with Gasteiger partial charge in [0.05, 0.1) is 12.8 Å². The molecule has 0 bridgehead atoms. The SMILES string of the molecule is [NH]C(=O)Cc1ccc(CC(=O)O)cc1. The van der Waals surface area contributed by atoms with Gasteiger partial charge in [0.15, 0.2) is 0 Å². The summed E-state index contributed by atoms with van der Waals surface area (Å²) in [5, 5.41) is 8.50. The highest BCUT2D eigenvalue weighted by Gasteiger charge is 2.02. The van der Waals surface area contributed by atoms with Crippen LogP contribution in [0.1, 0.15) is 11.1 Å². The molecule has 0 saturated heterocycles. The summed E-state index contributed by atoms with van der Waals surface area (Å²) >= 11 is 0. The van der Waals surface area contributed by atoms with Crippen LogP contribution in [0, 0.1) is 0 Å². The number of carbonyl (C=O) groups is 2. The van der Waals surface area contributed by atoms with E-state index in [0.717, 1.165) is 5.56 Å². The van der Waals surface area contributed by atoms with Gasteiger partial charge in [-0.05, 0) is 11.1 Å². The molecule has 0 fully saturated rings. The van der Waals surface area contributed by atoms with Crippen LogP contribution in [-0.2, 0) is 22.4 Å². The fraction of sp³-hybridized carbons (Fsp3) is 0.200. The van der Waals surface area contributed by atoms with Crippen LogP contribution in [-0.4, -0.2) is 17.0 Å². The van der Waals surface area contributed by atoms with Gasteiger partial charge in [-0.15, -0.1) is 0 Å². The van der Waals surface area contributed by atoms with Gasteiger partial charge in [0.1, 0.15) is 0 Å². The number of carbonyl (C=O) groups excluding carboxylic acids is 1. The largest absolute Gasteiger partial charge is 0.481 e. The Bertz CT molecular complexity index is 308. The number of hydrogen-bond donors (Lipinski definition) is 1. The van der Waals surface area contributed by atoms with Gasteiger partial charge < -0.3 is 5.11 Å². The van der Waals surface area contributed by atoms with E-state index in [1.807, 2.05) is 0 Å². The lowest BCUT2D eigenvalue weighted by Gasteiger charge is -1.99. The Balaban J connectivity index is 2.68. The van der Waals surface area contributed by atoms with E-state index < -0.39 is 11.9 Å². The molecule has 0 aliphatic heterocycles. The lowest BCUT2D eigenvalue weighted by atomic mass is 10.1. The summed E-state index contributed by atoms with van der Waals surface area (Å²) in [6.45, 7) is 0. The fourth-order valence-electron chi connectivity index (χ4n) is 1.13. The number of aliphatic carboxylic acids is 1. The Labute approximate surface area is 81.3 Å². The molecule has 1 amide bonds. The van der Waals surface area contributed by atoms with Crippen molar-refractivity contribution in [1.29, 1.82) is 0 Å². The summed E-state index contributed by atoms with van der Waals surface area (Å²) in [6.07, 6.45) is 0.0580. The molecule has 1 radical (unpaired) electrons. The van der Waals surface area contributed by atoms with Crippen LogP contribution in [0.15, 0.2) is 24.3 Å². The van der Waals surface area contributed by atoms with E-state index in [1.165, 1.54) is 0 Å². The third-order valence-electron chi connectivity index (χ3n) is 1.74. The minimum atomic E-state index is -0.880. The van der Waals surface area contributed by atoms with E-state index in [9.17, 15) is 9.59 Å². The summed E-state index contributed by atoms with van der Waals surface area (Å²) in [6, 6.07) is 6.66. The van der Waals surface area contributed by atoms with Crippen LogP contribution < -0.4 is 5.73 Å². The Hall–Kier alpha value is -1.84. The van der Waals surface area contributed by atoms with Crippen LogP contribution in [0.4, 0.5) is 0 Å². The molecule has 4 nitrogen and oxygen atoms in total. The molecule has 0 aromatic heterocycles. The number of carboxylic acid groups (broad SMARTS) is 1. The topological polar surface area (TPSA) is 78.2 Å². The van der Waals surface area contributed by atoms with Crippen molar-refractivity contribution in [3.05, 3.63) is 35.4 Å². The molecule has 0 spiro atoms. The zero-order chi connectivity index (χ0) is 10.6. The first-order valence-corrected chi connectivity index (χ1v) is 4.12. The highest BCUT2D eigenvalue weighted by molar-refractivity contribution is 5.76. The maximum atomic E-state index is 10.4. The average Bonchev–Trinajstić information content (AvgIpc) is 2.06. The minimum absolute atomic E-state index is 0.0187. The Morgan fingerprint density at radius 1 is 1.07 bits per heavy atom. The van der Waals surface area contributed by atoms with Crippen molar-refractivity contribution in [2.24, 2.45) is 0 Å². The molecule has 1 aromatic rings. The molecule has 0 saturated carbocycles. The van der Waals surface area contributed by atoms with Crippen molar-refractivity contribution in [3.8, 4) is 0 Å². The monoisotopic (exact) mass is 192 g/mol. The predicted molar refractivity (Wildman–Crippen MR) is 49.6 cm³/mol. The van der Waals surface area contributed by atoms with E-state index in [4.69, 9.17) is 10.8 Å². The van der Waals surface area contributed by atoms with Gasteiger partial charge in [0.25, 0.3) is 0 Å². The van der Waals surface area contributed by atoms with Crippen LogP contribution in [0.2, 0.25) is 0 Å². The van der Waals surface area contributed by atoms with Crippen LogP contribution >= 0.6 is 0 Å². The molecule has 0 aliphatic rings. The van der Waals surface area contributed by atoms with Gasteiger partial charge in [-0.3, -0.25) is 15.3 Å². The van der Waals surface area contributed by atoms with E-state index in [1.54, 1.807) is 24.3 Å². The molecule has 1 aromatic carbocycles. The van der Waals surface area contributed by atoms with E-state index >= 15 is 0 Å². The zero-order valence-electron chi connectivity index (χ0n) is 7.49. The van der Waals surface area contributed by atoms with Crippen molar-refractivity contribution in [1.82, 2.24) is 5.73 Å². The average molecular weight is 192 g/mol. The first-order chi connectivity index (χ1) is 6.58.